The predicted molar refractivity (Wildman–Crippen MR) is 95.6 cm³/mol. The Morgan fingerprint density at radius 2 is 2.08 bits per heavy atom. The lowest BCUT2D eigenvalue weighted by Crippen LogP contribution is -2.41. The van der Waals surface area contributed by atoms with Gasteiger partial charge in [-0.05, 0) is 25.5 Å². The minimum absolute atomic E-state index is 0.0594. The first-order valence-electron chi connectivity index (χ1n) is 7.77. The van der Waals surface area contributed by atoms with E-state index in [1.165, 1.54) is 11.6 Å². The molecule has 0 aliphatic carbocycles. The second kappa shape index (κ2) is 8.63. The number of nitrogens with one attached hydrogen (secondary N) is 2. The molecule has 2 aromatic rings. The van der Waals surface area contributed by atoms with Crippen LogP contribution in [0.1, 0.15) is 13.3 Å². The molecular weight excluding hydrogens is 344 g/mol. The quantitative estimate of drug-likeness (QED) is 0.514. The number of hydrogen-bond donors (Lipinski definition) is 3. The Hall–Kier alpha value is -2.39. The lowest BCUT2D eigenvalue weighted by atomic mass is 10.2. The van der Waals surface area contributed by atoms with Crippen molar-refractivity contribution < 1.29 is 14.7 Å². The van der Waals surface area contributed by atoms with Crippen LogP contribution in [-0.4, -0.2) is 45.5 Å². The van der Waals surface area contributed by atoms with Gasteiger partial charge in [-0.2, -0.15) is 0 Å². The van der Waals surface area contributed by atoms with Crippen LogP contribution in [0, 0.1) is 0 Å². The summed E-state index contributed by atoms with van der Waals surface area (Å²) in [5.41, 5.74) is 0.314. The number of carbonyl (C=O) groups is 2. The van der Waals surface area contributed by atoms with E-state index in [1.54, 1.807) is 31.2 Å². The predicted octanol–water partition coefficient (Wildman–Crippen LogP) is 0.715. The van der Waals surface area contributed by atoms with Crippen molar-refractivity contribution in [2.45, 2.75) is 30.3 Å². The highest BCUT2D eigenvalue weighted by Crippen LogP contribution is 2.22. The molecule has 25 heavy (non-hydrogen) atoms. The molecule has 1 aromatic heterocycles. The third kappa shape index (κ3) is 4.58. The molecule has 3 N–H and O–H groups in total. The van der Waals surface area contributed by atoms with Gasteiger partial charge in [-0.3, -0.25) is 19.5 Å². The second-order valence-corrected chi connectivity index (χ2v) is 6.58. The van der Waals surface area contributed by atoms with E-state index in [0.29, 0.717) is 29.0 Å². The summed E-state index contributed by atoms with van der Waals surface area (Å²) >= 11 is 1.09. The number of nitrogens with zero attached hydrogens (tertiary/aromatic N) is 2. The maximum Gasteiger partial charge on any atom is 0.321 e. The molecule has 2 rings (SSSR count). The van der Waals surface area contributed by atoms with Crippen molar-refractivity contribution in [3.05, 3.63) is 34.6 Å². The normalized spacial score (nSPS) is 12.0. The van der Waals surface area contributed by atoms with Crippen LogP contribution in [0.15, 0.2) is 34.2 Å². The molecule has 0 spiro atoms. The van der Waals surface area contributed by atoms with Crippen LogP contribution in [0.3, 0.4) is 0 Å². The Morgan fingerprint density at radius 1 is 1.36 bits per heavy atom. The van der Waals surface area contributed by atoms with Crippen molar-refractivity contribution in [2.75, 3.05) is 13.7 Å². The molecule has 1 atom stereocenters. The van der Waals surface area contributed by atoms with Gasteiger partial charge in [0.25, 0.3) is 5.56 Å². The Kier molecular flexibility index (Phi) is 6.54. The number of aliphatic hydroxyl groups excluding tert-OH is 1. The van der Waals surface area contributed by atoms with Crippen molar-refractivity contribution >= 4 is 34.6 Å². The number of imide groups is 1. The molecule has 1 aromatic carbocycles. The number of amides is 3. The molecule has 1 heterocycles. The molecule has 0 aliphatic rings. The van der Waals surface area contributed by atoms with Crippen molar-refractivity contribution in [3.8, 4) is 0 Å². The maximum absolute atomic E-state index is 12.7. The molecule has 8 nitrogen and oxygen atoms in total. The molecule has 0 aliphatic heterocycles. The van der Waals surface area contributed by atoms with Crippen LogP contribution in [0.5, 0.6) is 0 Å². The highest BCUT2D eigenvalue weighted by Gasteiger charge is 2.20. The monoisotopic (exact) mass is 364 g/mol. The number of thioether (sulfide) groups is 1. The van der Waals surface area contributed by atoms with Crippen molar-refractivity contribution in [1.82, 2.24) is 20.2 Å². The van der Waals surface area contributed by atoms with Crippen LogP contribution in [0.2, 0.25) is 0 Å². The highest BCUT2D eigenvalue weighted by atomic mass is 32.2. The summed E-state index contributed by atoms with van der Waals surface area (Å²) in [5, 5.41) is 13.8. The number of rotatable bonds is 6. The largest absolute Gasteiger partial charge is 0.396 e. The fraction of sp³-hybridized carbons (Fsp3) is 0.375. The van der Waals surface area contributed by atoms with Crippen LogP contribution in [-0.2, 0) is 11.3 Å². The van der Waals surface area contributed by atoms with E-state index in [4.69, 9.17) is 5.11 Å². The zero-order valence-corrected chi connectivity index (χ0v) is 14.8. The van der Waals surface area contributed by atoms with E-state index in [0.717, 1.165) is 11.8 Å². The van der Waals surface area contributed by atoms with Gasteiger partial charge in [0, 0.05) is 20.2 Å². The lowest BCUT2D eigenvalue weighted by molar-refractivity contribution is -0.119. The molecule has 3 amide bonds. The Bertz CT molecular complexity index is 836. The van der Waals surface area contributed by atoms with Gasteiger partial charge in [-0.15, -0.1) is 0 Å². The number of para-hydroxylation sites is 1. The minimum Gasteiger partial charge on any atom is -0.396 e. The zero-order valence-electron chi connectivity index (χ0n) is 14.0. The molecule has 0 fully saturated rings. The first kappa shape index (κ1) is 18.9. The Balaban J connectivity index is 2.36. The number of benzene rings is 1. The van der Waals surface area contributed by atoms with E-state index >= 15 is 0 Å². The van der Waals surface area contributed by atoms with Gasteiger partial charge in [0.05, 0.1) is 16.2 Å². The van der Waals surface area contributed by atoms with Crippen LogP contribution < -0.4 is 16.2 Å². The van der Waals surface area contributed by atoms with Gasteiger partial charge in [0.1, 0.15) is 0 Å². The lowest BCUT2D eigenvalue weighted by Gasteiger charge is -2.15. The summed E-state index contributed by atoms with van der Waals surface area (Å²) in [7, 11) is 1.41. The van der Waals surface area contributed by atoms with Gasteiger partial charge in [-0.25, -0.2) is 9.78 Å². The topological polar surface area (TPSA) is 113 Å². The molecule has 9 heteroatoms. The average molecular weight is 364 g/mol. The SMILES string of the molecule is CNC(=O)NC(=O)C(C)Sc1nc2ccccc2c(=O)n1CCCO. The van der Waals surface area contributed by atoms with Crippen LogP contribution in [0.4, 0.5) is 4.79 Å². The van der Waals surface area contributed by atoms with E-state index in [1.807, 2.05) is 0 Å². The first-order valence-corrected chi connectivity index (χ1v) is 8.65. The number of aromatic nitrogens is 2. The summed E-state index contributed by atoms with van der Waals surface area (Å²) in [6.45, 7) is 1.86. The van der Waals surface area contributed by atoms with E-state index in [9.17, 15) is 14.4 Å². The first-order chi connectivity index (χ1) is 12.0. The van der Waals surface area contributed by atoms with E-state index < -0.39 is 17.2 Å². The molecule has 0 radical (unpaired) electrons. The fourth-order valence-electron chi connectivity index (χ4n) is 2.15. The standard InChI is InChI=1S/C16H20N4O4S/c1-10(13(22)19-15(24)17-2)25-16-18-12-7-4-3-6-11(12)14(23)20(16)8-5-9-21/h3-4,6-7,10,21H,5,8-9H2,1-2H3,(H2,17,19,22,24). The number of urea groups is 1. The summed E-state index contributed by atoms with van der Waals surface area (Å²) in [6.07, 6.45) is 0.395. The number of aliphatic hydroxyl groups is 1. The molecular formula is C16H20N4O4S. The number of carbonyl (C=O) groups excluding carboxylic acids is 2. The van der Waals surface area contributed by atoms with Crippen molar-refractivity contribution in [2.24, 2.45) is 0 Å². The summed E-state index contributed by atoms with van der Waals surface area (Å²) < 4.78 is 1.45. The van der Waals surface area contributed by atoms with Gasteiger partial charge < -0.3 is 10.4 Å². The van der Waals surface area contributed by atoms with Crippen molar-refractivity contribution in [1.29, 1.82) is 0 Å². The van der Waals surface area contributed by atoms with E-state index in [2.05, 4.69) is 15.6 Å². The smallest absolute Gasteiger partial charge is 0.321 e. The molecule has 0 saturated carbocycles. The van der Waals surface area contributed by atoms with Gasteiger partial charge in [0.2, 0.25) is 5.91 Å². The van der Waals surface area contributed by atoms with Crippen molar-refractivity contribution in [3.63, 3.8) is 0 Å². The summed E-state index contributed by atoms with van der Waals surface area (Å²) in [6, 6.07) is 6.36. The van der Waals surface area contributed by atoms with Crippen LogP contribution in [0.25, 0.3) is 10.9 Å². The summed E-state index contributed by atoms with van der Waals surface area (Å²) in [4.78, 5) is 40.5. The van der Waals surface area contributed by atoms with Crippen LogP contribution >= 0.6 is 11.8 Å². The number of hydrogen-bond acceptors (Lipinski definition) is 6. The fourth-order valence-corrected chi connectivity index (χ4v) is 3.09. The Labute approximate surface area is 148 Å². The molecule has 0 bridgehead atoms. The molecule has 0 saturated heterocycles. The number of fused-ring (bicyclic) bond motifs is 1. The maximum atomic E-state index is 12.7. The second-order valence-electron chi connectivity index (χ2n) is 5.27. The van der Waals surface area contributed by atoms with Gasteiger partial charge in [0.15, 0.2) is 5.16 Å². The summed E-state index contributed by atoms with van der Waals surface area (Å²) in [5.74, 6) is -0.486. The third-order valence-corrected chi connectivity index (χ3v) is 4.57. The van der Waals surface area contributed by atoms with E-state index in [-0.39, 0.29) is 12.2 Å². The Morgan fingerprint density at radius 3 is 2.76 bits per heavy atom. The molecule has 134 valence electrons. The van der Waals surface area contributed by atoms with Gasteiger partial charge >= 0.3 is 6.03 Å². The third-order valence-electron chi connectivity index (χ3n) is 3.48. The average Bonchev–Trinajstić information content (AvgIpc) is 2.61. The molecule has 1 unspecified atom stereocenters. The minimum atomic E-state index is -0.634. The highest BCUT2D eigenvalue weighted by molar-refractivity contribution is 8.00. The van der Waals surface area contributed by atoms with Gasteiger partial charge in [-0.1, -0.05) is 23.9 Å². The zero-order chi connectivity index (χ0) is 18.4.